The van der Waals surface area contributed by atoms with Gasteiger partial charge in [-0.2, -0.15) is 13.2 Å². The third-order valence-corrected chi connectivity index (χ3v) is 4.05. The van der Waals surface area contributed by atoms with Crippen LogP contribution in [-0.4, -0.2) is 12.6 Å². The highest BCUT2D eigenvalue weighted by molar-refractivity contribution is 5.49. The van der Waals surface area contributed by atoms with Gasteiger partial charge in [-0.1, -0.05) is 37.3 Å². The molecule has 0 aromatic heterocycles. The Labute approximate surface area is 133 Å². The molecule has 0 saturated carbocycles. The summed E-state index contributed by atoms with van der Waals surface area (Å²) in [6.07, 6.45) is -4.02. The second kappa shape index (κ2) is 6.24. The van der Waals surface area contributed by atoms with Crippen molar-refractivity contribution in [1.29, 1.82) is 0 Å². The monoisotopic (exact) mass is 321 g/mol. The molecule has 0 spiro atoms. The van der Waals surface area contributed by atoms with Gasteiger partial charge in [-0.05, 0) is 30.7 Å². The van der Waals surface area contributed by atoms with Crippen LogP contribution >= 0.6 is 0 Å². The zero-order chi connectivity index (χ0) is 16.4. The van der Waals surface area contributed by atoms with Crippen LogP contribution in [0.1, 0.15) is 30.7 Å². The van der Waals surface area contributed by atoms with E-state index < -0.39 is 18.0 Å². The Bertz CT molecular complexity index is 657. The van der Waals surface area contributed by atoms with Crippen molar-refractivity contribution in [1.82, 2.24) is 0 Å². The number of halogens is 3. The molecule has 0 aliphatic carbocycles. The molecule has 1 aliphatic rings. The van der Waals surface area contributed by atoms with E-state index in [-0.39, 0.29) is 6.10 Å². The Hall–Kier alpha value is -2.01. The Morgan fingerprint density at radius 1 is 1.09 bits per heavy atom. The van der Waals surface area contributed by atoms with Gasteiger partial charge >= 0.3 is 6.18 Å². The number of nitrogens with zero attached hydrogens (tertiary/aromatic N) is 1. The summed E-state index contributed by atoms with van der Waals surface area (Å²) in [6, 6.07) is 15.0. The van der Waals surface area contributed by atoms with E-state index in [0.717, 1.165) is 18.2 Å². The average molecular weight is 321 g/mol. The Morgan fingerprint density at radius 3 is 2.48 bits per heavy atom. The second-order valence-electron chi connectivity index (χ2n) is 5.63. The normalized spacial score (nSPS) is 21.7. The number of anilines is 1. The van der Waals surface area contributed by atoms with E-state index in [0.29, 0.717) is 12.1 Å². The molecule has 1 saturated heterocycles. The zero-order valence-electron chi connectivity index (χ0n) is 12.8. The topological polar surface area (TPSA) is 12.5 Å². The smallest absolute Gasteiger partial charge is 0.349 e. The van der Waals surface area contributed by atoms with Crippen molar-refractivity contribution < 1.29 is 17.9 Å². The Kier molecular flexibility index (Phi) is 4.31. The van der Waals surface area contributed by atoms with Crippen LogP contribution in [0, 0.1) is 0 Å². The molecule has 2 aromatic rings. The fraction of sp³-hybridized carbons (Fsp3) is 0.333. The van der Waals surface area contributed by atoms with E-state index in [1.54, 1.807) is 6.07 Å². The second-order valence-corrected chi connectivity index (χ2v) is 5.63. The predicted molar refractivity (Wildman–Crippen MR) is 83.1 cm³/mol. The van der Waals surface area contributed by atoms with E-state index in [1.807, 2.05) is 42.2 Å². The molecule has 2 aromatic carbocycles. The molecule has 0 bridgehead atoms. The summed E-state index contributed by atoms with van der Waals surface area (Å²) in [4.78, 5) is 2.02. The van der Waals surface area contributed by atoms with Crippen molar-refractivity contribution in [2.75, 3.05) is 11.4 Å². The number of hydrogen-bond donors (Lipinski definition) is 0. The van der Waals surface area contributed by atoms with Crippen LogP contribution in [0.3, 0.4) is 0 Å². The minimum atomic E-state index is -4.35. The lowest BCUT2D eigenvalue weighted by Gasteiger charge is -2.25. The molecule has 2 unspecified atom stereocenters. The lowest BCUT2D eigenvalue weighted by Crippen LogP contribution is -2.24. The summed E-state index contributed by atoms with van der Waals surface area (Å²) in [5, 5.41) is 0. The molecular formula is C18H18F3NO. The SMILES string of the molecule is CCC1CN(c2ccccc2)C(c2cccc(C(F)(F)F)c2)O1. The summed E-state index contributed by atoms with van der Waals surface area (Å²) in [6.45, 7) is 2.68. The molecule has 5 heteroatoms. The van der Waals surface area contributed by atoms with Gasteiger partial charge < -0.3 is 9.64 Å². The Morgan fingerprint density at radius 2 is 1.83 bits per heavy atom. The minimum absolute atomic E-state index is 0.00903. The molecule has 0 radical (unpaired) electrons. The van der Waals surface area contributed by atoms with Gasteiger partial charge in [0.05, 0.1) is 11.7 Å². The van der Waals surface area contributed by atoms with Gasteiger partial charge in [-0.15, -0.1) is 0 Å². The van der Waals surface area contributed by atoms with Crippen molar-refractivity contribution in [2.24, 2.45) is 0 Å². The lowest BCUT2D eigenvalue weighted by atomic mass is 10.1. The third-order valence-electron chi connectivity index (χ3n) is 4.05. The van der Waals surface area contributed by atoms with Crippen LogP contribution in [0.15, 0.2) is 54.6 Å². The lowest BCUT2D eigenvalue weighted by molar-refractivity contribution is -0.137. The number of para-hydroxylation sites is 1. The molecular weight excluding hydrogens is 303 g/mol. The molecule has 0 N–H and O–H groups in total. The molecule has 1 aliphatic heterocycles. The van der Waals surface area contributed by atoms with Gasteiger partial charge in [0.2, 0.25) is 0 Å². The van der Waals surface area contributed by atoms with Crippen LogP contribution in [0.25, 0.3) is 0 Å². The van der Waals surface area contributed by atoms with Crippen LogP contribution < -0.4 is 4.90 Å². The van der Waals surface area contributed by atoms with Crippen LogP contribution in [0.4, 0.5) is 18.9 Å². The van der Waals surface area contributed by atoms with Crippen molar-refractivity contribution in [3.8, 4) is 0 Å². The van der Waals surface area contributed by atoms with Crippen molar-refractivity contribution in [3.05, 3.63) is 65.7 Å². The van der Waals surface area contributed by atoms with Gasteiger partial charge in [0, 0.05) is 17.8 Å². The standard InChI is InChI=1S/C18H18F3NO/c1-2-16-12-22(15-9-4-3-5-10-15)17(23-16)13-7-6-8-14(11-13)18(19,20)21/h3-11,16-17H,2,12H2,1H3. The van der Waals surface area contributed by atoms with E-state index in [9.17, 15) is 13.2 Å². The molecule has 122 valence electrons. The Balaban J connectivity index is 1.96. The number of benzene rings is 2. The molecule has 2 atom stereocenters. The highest BCUT2D eigenvalue weighted by Crippen LogP contribution is 2.37. The van der Waals surface area contributed by atoms with Crippen LogP contribution in [0.5, 0.6) is 0 Å². The van der Waals surface area contributed by atoms with E-state index in [4.69, 9.17) is 4.74 Å². The molecule has 2 nitrogen and oxygen atoms in total. The van der Waals surface area contributed by atoms with Gasteiger partial charge in [-0.3, -0.25) is 0 Å². The third kappa shape index (κ3) is 3.34. The first-order chi connectivity index (χ1) is 11.0. The molecule has 3 rings (SSSR count). The summed E-state index contributed by atoms with van der Waals surface area (Å²) in [7, 11) is 0. The van der Waals surface area contributed by atoms with Gasteiger partial charge in [0.1, 0.15) is 0 Å². The maximum absolute atomic E-state index is 13.0. The highest BCUT2D eigenvalue weighted by Gasteiger charge is 2.35. The highest BCUT2D eigenvalue weighted by atomic mass is 19.4. The van der Waals surface area contributed by atoms with E-state index >= 15 is 0 Å². The largest absolute Gasteiger partial charge is 0.416 e. The van der Waals surface area contributed by atoms with Crippen molar-refractivity contribution in [2.45, 2.75) is 31.9 Å². The number of hydrogen-bond acceptors (Lipinski definition) is 2. The molecule has 1 fully saturated rings. The van der Waals surface area contributed by atoms with Crippen LogP contribution in [0.2, 0.25) is 0 Å². The number of ether oxygens (including phenoxy) is 1. The summed E-state index contributed by atoms with van der Waals surface area (Å²) in [5.74, 6) is 0. The van der Waals surface area contributed by atoms with E-state index in [2.05, 4.69) is 0 Å². The van der Waals surface area contributed by atoms with E-state index in [1.165, 1.54) is 12.1 Å². The first kappa shape index (κ1) is 15.9. The zero-order valence-corrected chi connectivity index (χ0v) is 12.8. The maximum atomic E-state index is 13.0. The number of rotatable bonds is 3. The van der Waals surface area contributed by atoms with Crippen molar-refractivity contribution >= 4 is 5.69 Å². The van der Waals surface area contributed by atoms with Gasteiger partial charge in [-0.25, -0.2) is 0 Å². The maximum Gasteiger partial charge on any atom is 0.416 e. The van der Waals surface area contributed by atoms with Crippen molar-refractivity contribution in [3.63, 3.8) is 0 Å². The first-order valence-corrected chi connectivity index (χ1v) is 7.63. The minimum Gasteiger partial charge on any atom is -0.349 e. The number of alkyl halides is 3. The first-order valence-electron chi connectivity index (χ1n) is 7.63. The molecule has 23 heavy (non-hydrogen) atoms. The quantitative estimate of drug-likeness (QED) is 0.787. The van der Waals surface area contributed by atoms with Crippen LogP contribution in [-0.2, 0) is 10.9 Å². The summed E-state index contributed by atoms with van der Waals surface area (Å²) >= 11 is 0. The summed E-state index contributed by atoms with van der Waals surface area (Å²) in [5.41, 5.74) is 0.831. The predicted octanol–water partition coefficient (Wildman–Crippen LogP) is 5.02. The molecule has 1 heterocycles. The fourth-order valence-corrected chi connectivity index (χ4v) is 2.83. The fourth-order valence-electron chi connectivity index (χ4n) is 2.83. The van der Waals surface area contributed by atoms with Gasteiger partial charge in [0.15, 0.2) is 6.23 Å². The summed E-state index contributed by atoms with van der Waals surface area (Å²) < 4.78 is 44.9. The molecule has 0 amide bonds. The van der Waals surface area contributed by atoms with Gasteiger partial charge in [0.25, 0.3) is 0 Å². The average Bonchev–Trinajstić information content (AvgIpc) is 2.99.